The number of likely N-dealkylation sites (tertiary alicyclic amines) is 1. The van der Waals surface area contributed by atoms with Crippen molar-refractivity contribution < 1.29 is 33.4 Å². The predicted octanol–water partition coefficient (Wildman–Crippen LogP) is 5.06. The van der Waals surface area contributed by atoms with Gasteiger partial charge in [0.1, 0.15) is 23.4 Å². The van der Waals surface area contributed by atoms with E-state index in [1.165, 1.54) is 12.1 Å². The van der Waals surface area contributed by atoms with Gasteiger partial charge in [-0.05, 0) is 80.6 Å². The van der Waals surface area contributed by atoms with Crippen LogP contribution in [0.2, 0.25) is 0 Å². The van der Waals surface area contributed by atoms with E-state index in [4.69, 9.17) is 14.6 Å². The summed E-state index contributed by atoms with van der Waals surface area (Å²) in [5, 5.41) is 12.0. The van der Waals surface area contributed by atoms with Crippen LogP contribution in [0.1, 0.15) is 61.7 Å². The van der Waals surface area contributed by atoms with Crippen LogP contribution in [-0.2, 0) is 4.79 Å². The molecule has 1 saturated carbocycles. The molecule has 1 saturated heterocycles. The molecule has 0 atom stereocenters. The third-order valence-corrected chi connectivity index (χ3v) is 7.20. The highest BCUT2D eigenvalue weighted by Gasteiger charge is 2.27. The van der Waals surface area contributed by atoms with Gasteiger partial charge >= 0.3 is 12.0 Å². The van der Waals surface area contributed by atoms with Crippen LogP contribution in [0, 0.1) is 11.7 Å². The monoisotopic (exact) mass is 526 g/mol. The first-order chi connectivity index (χ1) is 18.4. The lowest BCUT2D eigenvalue weighted by molar-refractivity contribution is -0.143. The molecule has 1 aliphatic carbocycles. The summed E-state index contributed by atoms with van der Waals surface area (Å²) >= 11 is 0. The van der Waals surface area contributed by atoms with E-state index in [0.717, 1.165) is 0 Å². The molecule has 2 aliphatic rings. The van der Waals surface area contributed by atoms with Crippen LogP contribution in [0.4, 0.5) is 9.18 Å². The molecule has 1 heterocycles. The second-order valence-corrected chi connectivity index (χ2v) is 9.97. The standard InChI is InChI=1S/C29H35FN2O6/c30-22-7-13-25(14-8-22)38-26-15-18-32(19-16-26)29(36)31-17-1-2-27(33)20-3-9-23(10-4-20)37-24-11-5-21(6-12-24)28(34)35/h3-4,7-10,13-14,21,24,26H,1-2,5-6,11-12,15-19H2,(H,31,36)(H,34,35). The fourth-order valence-electron chi connectivity index (χ4n) is 4.92. The van der Waals surface area contributed by atoms with Crippen molar-refractivity contribution in [3.63, 3.8) is 0 Å². The summed E-state index contributed by atoms with van der Waals surface area (Å²) in [5.41, 5.74) is 0.599. The van der Waals surface area contributed by atoms with Gasteiger partial charge in [-0.15, -0.1) is 0 Å². The molecule has 0 aromatic heterocycles. The van der Waals surface area contributed by atoms with Crippen LogP contribution in [0.15, 0.2) is 48.5 Å². The fourth-order valence-corrected chi connectivity index (χ4v) is 4.92. The Morgan fingerprint density at radius 1 is 0.842 bits per heavy atom. The normalized spacial score (nSPS) is 20.0. The molecule has 4 rings (SSSR count). The summed E-state index contributed by atoms with van der Waals surface area (Å²) < 4.78 is 24.9. The lowest BCUT2D eigenvalue weighted by atomic mass is 9.87. The Kier molecular flexibility index (Phi) is 9.56. The summed E-state index contributed by atoms with van der Waals surface area (Å²) in [5.74, 6) is -0.00386. The first kappa shape index (κ1) is 27.4. The van der Waals surface area contributed by atoms with E-state index in [9.17, 15) is 18.8 Å². The number of carbonyl (C=O) groups is 3. The number of hydrogen-bond acceptors (Lipinski definition) is 5. The number of piperidine rings is 1. The molecule has 9 heteroatoms. The van der Waals surface area contributed by atoms with Gasteiger partial charge in [-0.1, -0.05) is 0 Å². The van der Waals surface area contributed by atoms with E-state index in [-0.39, 0.29) is 35.8 Å². The largest absolute Gasteiger partial charge is 0.490 e. The molecule has 0 unspecified atom stereocenters. The third-order valence-electron chi connectivity index (χ3n) is 7.20. The van der Waals surface area contributed by atoms with Gasteiger partial charge in [-0.25, -0.2) is 9.18 Å². The number of benzene rings is 2. The molecule has 38 heavy (non-hydrogen) atoms. The van der Waals surface area contributed by atoms with E-state index in [0.29, 0.717) is 88.1 Å². The maximum atomic E-state index is 13.0. The van der Waals surface area contributed by atoms with E-state index in [1.807, 2.05) is 0 Å². The molecule has 2 amide bonds. The molecule has 0 radical (unpaired) electrons. The number of carboxylic acids is 1. The maximum absolute atomic E-state index is 13.0. The van der Waals surface area contributed by atoms with Crippen LogP contribution in [0.3, 0.4) is 0 Å². The number of nitrogens with one attached hydrogen (secondary N) is 1. The van der Waals surface area contributed by atoms with Gasteiger partial charge in [0.15, 0.2) is 5.78 Å². The lowest BCUT2D eigenvalue weighted by Gasteiger charge is -2.32. The third kappa shape index (κ3) is 7.94. The van der Waals surface area contributed by atoms with Gasteiger partial charge in [0.2, 0.25) is 0 Å². The number of carbonyl (C=O) groups excluding carboxylic acids is 2. The van der Waals surface area contributed by atoms with Gasteiger partial charge in [-0.3, -0.25) is 9.59 Å². The average Bonchev–Trinajstić information content (AvgIpc) is 2.93. The molecule has 0 bridgehead atoms. The average molecular weight is 527 g/mol. The molecular formula is C29H35FN2O6. The first-order valence-corrected chi connectivity index (χ1v) is 13.3. The van der Waals surface area contributed by atoms with Crippen molar-refractivity contribution in [2.75, 3.05) is 19.6 Å². The van der Waals surface area contributed by atoms with Crippen molar-refractivity contribution >= 4 is 17.8 Å². The van der Waals surface area contributed by atoms with Crippen LogP contribution >= 0.6 is 0 Å². The van der Waals surface area contributed by atoms with Gasteiger partial charge in [0.25, 0.3) is 0 Å². The second-order valence-electron chi connectivity index (χ2n) is 9.97. The Morgan fingerprint density at radius 3 is 1.97 bits per heavy atom. The summed E-state index contributed by atoms with van der Waals surface area (Å²) in [6.45, 7) is 1.56. The van der Waals surface area contributed by atoms with Crippen LogP contribution in [0.25, 0.3) is 0 Å². The van der Waals surface area contributed by atoms with Crippen molar-refractivity contribution in [3.05, 3.63) is 59.9 Å². The summed E-state index contributed by atoms with van der Waals surface area (Å²) in [6.07, 6.45) is 4.94. The predicted molar refractivity (Wildman–Crippen MR) is 139 cm³/mol. The van der Waals surface area contributed by atoms with Crippen molar-refractivity contribution in [2.45, 2.75) is 63.6 Å². The zero-order valence-electron chi connectivity index (χ0n) is 21.4. The van der Waals surface area contributed by atoms with E-state index in [2.05, 4.69) is 5.32 Å². The highest BCUT2D eigenvalue weighted by Crippen LogP contribution is 2.28. The zero-order chi connectivity index (χ0) is 26.9. The Balaban J connectivity index is 1.10. The Hall–Kier alpha value is -3.62. The number of carboxylic acid groups (broad SMARTS) is 1. The number of Topliss-reactive ketones (excluding diaryl/α,β-unsaturated/α-hetero) is 1. The Bertz CT molecular complexity index is 1080. The lowest BCUT2D eigenvalue weighted by Crippen LogP contribution is -2.46. The molecule has 2 fully saturated rings. The minimum absolute atomic E-state index is 0.00359. The minimum Gasteiger partial charge on any atom is -0.490 e. The van der Waals surface area contributed by atoms with Crippen molar-refractivity contribution in [3.8, 4) is 11.5 Å². The molecule has 8 nitrogen and oxygen atoms in total. The SMILES string of the molecule is O=C(CCCNC(=O)N1CCC(Oc2ccc(F)cc2)CC1)c1ccc(OC2CCC(C(=O)O)CC2)cc1. The second kappa shape index (κ2) is 13.3. The molecule has 204 valence electrons. The highest BCUT2D eigenvalue weighted by atomic mass is 19.1. The number of amides is 2. The van der Waals surface area contributed by atoms with Gasteiger partial charge in [0.05, 0.1) is 12.0 Å². The first-order valence-electron chi connectivity index (χ1n) is 13.3. The summed E-state index contributed by atoms with van der Waals surface area (Å²) in [6, 6.07) is 12.9. The smallest absolute Gasteiger partial charge is 0.317 e. The summed E-state index contributed by atoms with van der Waals surface area (Å²) in [4.78, 5) is 37.8. The Labute approximate surface area is 222 Å². The quantitative estimate of drug-likeness (QED) is 0.331. The zero-order valence-corrected chi connectivity index (χ0v) is 21.4. The van der Waals surface area contributed by atoms with E-state index in [1.54, 1.807) is 41.3 Å². The number of hydrogen-bond donors (Lipinski definition) is 2. The minimum atomic E-state index is -0.736. The number of urea groups is 1. The van der Waals surface area contributed by atoms with Gasteiger partial charge in [-0.2, -0.15) is 0 Å². The van der Waals surface area contributed by atoms with E-state index < -0.39 is 5.97 Å². The molecule has 0 spiro atoms. The molecule has 1 aliphatic heterocycles. The van der Waals surface area contributed by atoms with Crippen molar-refractivity contribution in [1.29, 1.82) is 0 Å². The van der Waals surface area contributed by atoms with Crippen LogP contribution < -0.4 is 14.8 Å². The van der Waals surface area contributed by atoms with E-state index >= 15 is 0 Å². The van der Waals surface area contributed by atoms with Crippen LogP contribution in [-0.4, -0.2) is 59.6 Å². The molecule has 2 aromatic carbocycles. The number of rotatable bonds is 10. The summed E-state index contributed by atoms with van der Waals surface area (Å²) in [7, 11) is 0. The van der Waals surface area contributed by atoms with Gasteiger partial charge in [0, 0.05) is 44.5 Å². The Morgan fingerprint density at radius 2 is 1.39 bits per heavy atom. The van der Waals surface area contributed by atoms with Crippen LogP contribution in [0.5, 0.6) is 11.5 Å². The molecule has 2 aromatic rings. The topological polar surface area (TPSA) is 105 Å². The highest BCUT2D eigenvalue weighted by molar-refractivity contribution is 5.96. The van der Waals surface area contributed by atoms with Crippen molar-refractivity contribution in [1.82, 2.24) is 10.2 Å². The number of ketones is 1. The maximum Gasteiger partial charge on any atom is 0.317 e. The number of halogens is 1. The number of aliphatic carboxylic acids is 1. The fraction of sp³-hybridized carbons (Fsp3) is 0.483. The molecular weight excluding hydrogens is 491 g/mol. The van der Waals surface area contributed by atoms with Crippen molar-refractivity contribution in [2.24, 2.45) is 5.92 Å². The molecule has 2 N–H and O–H groups in total. The van der Waals surface area contributed by atoms with Gasteiger partial charge < -0.3 is 24.8 Å². The number of ether oxygens (including phenoxy) is 2. The number of nitrogens with zero attached hydrogens (tertiary/aromatic N) is 1.